The van der Waals surface area contributed by atoms with Crippen molar-refractivity contribution in [2.24, 2.45) is 16.7 Å². The van der Waals surface area contributed by atoms with Crippen LogP contribution in [0.25, 0.3) is 0 Å². The summed E-state index contributed by atoms with van der Waals surface area (Å²) in [7, 11) is 0. The summed E-state index contributed by atoms with van der Waals surface area (Å²) >= 11 is 0. The van der Waals surface area contributed by atoms with Crippen molar-refractivity contribution in [2.45, 2.75) is 26.7 Å². The summed E-state index contributed by atoms with van der Waals surface area (Å²) in [5, 5.41) is 12.6. The van der Waals surface area contributed by atoms with Crippen molar-refractivity contribution in [2.75, 3.05) is 19.7 Å². The van der Waals surface area contributed by atoms with E-state index in [9.17, 15) is 5.11 Å². The van der Waals surface area contributed by atoms with Gasteiger partial charge in [-0.15, -0.1) is 0 Å². The number of nitrogens with one attached hydrogen (secondary N) is 1. The zero-order valence-corrected chi connectivity index (χ0v) is 8.06. The molecule has 1 unspecified atom stereocenters. The van der Waals surface area contributed by atoms with Crippen LogP contribution in [-0.2, 0) is 0 Å². The SMILES string of the molecule is CC1(C)C(CO)C12CCNCC2. The van der Waals surface area contributed by atoms with E-state index in [2.05, 4.69) is 19.2 Å². The van der Waals surface area contributed by atoms with Gasteiger partial charge in [0.2, 0.25) is 0 Å². The molecule has 12 heavy (non-hydrogen) atoms. The molecule has 1 spiro atoms. The van der Waals surface area contributed by atoms with Crippen molar-refractivity contribution >= 4 is 0 Å². The molecule has 1 saturated heterocycles. The molecule has 1 saturated carbocycles. The van der Waals surface area contributed by atoms with E-state index in [0.717, 1.165) is 13.1 Å². The molecule has 1 aliphatic heterocycles. The van der Waals surface area contributed by atoms with Gasteiger partial charge in [-0.3, -0.25) is 0 Å². The average Bonchev–Trinajstić information content (AvgIpc) is 2.49. The molecule has 70 valence electrons. The fourth-order valence-electron chi connectivity index (χ4n) is 3.33. The molecule has 0 aromatic carbocycles. The van der Waals surface area contributed by atoms with Crippen molar-refractivity contribution in [1.29, 1.82) is 0 Å². The minimum absolute atomic E-state index is 0.382. The van der Waals surface area contributed by atoms with Gasteiger partial charge in [0.1, 0.15) is 0 Å². The van der Waals surface area contributed by atoms with Gasteiger partial charge in [0, 0.05) is 6.61 Å². The van der Waals surface area contributed by atoms with Crippen LogP contribution >= 0.6 is 0 Å². The summed E-state index contributed by atoms with van der Waals surface area (Å²) in [4.78, 5) is 0. The number of hydrogen-bond acceptors (Lipinski definition) is 2. The van der Waals surface area contributed by atoms with Gasteiger partial charge in [-0.2, -0.15) is 0 Å². The molecule has 2 rings (SSSR count). The quantitative estimate of drug-likeness (QED) is 0.614. The van der Waals surface area contributed by atoms with E-state index < -0.39 is 0 Å². The highest BCUT2D eigenvalue weighted by Gasteiger charge is 2.69. The minimum Gasteiger partial charge on any atom is -0.396 e. The van der Waals surface area contributed by atoms with E-state index in [0.29, 0.717) is 23.4 Å². The van der Waals surface area contributed by atoms with E-state index >= 15 is 0 Å². The van der Waals surface area contributed by atoms with Gasteiger partial charge >= 0.3 is 0 Å². The van der Waals surface area contributed by atoms with Gasteiger partial charge in [0.15, 0.2) is 0 Å². The number of aliphatic hydroxyl groups is 1. The van der Waals surface area contributed by atoms with Crippen molar-refractivity contribution in [3.63, 3.8) is 0 Å². The Morgan fingerprint density at radius 2 is 1.92 bits per heavy atom. The Hall–Kier alpha value is -0.0800. The van der Waals surface area contributed by atoms with E-state index in [1.165, 1.54) is 12.8 Å². The van der Waals surface area contributed by atoms with Crippen molar-refractivity contribution in [3.8, 4) is 0 Å². The lowest BCUT2D eigenvalue weighted by atomic mass is 9.86. The van der Waals surface area contributed by atoms with Gasteiger partial charge < -0.3 is 10.4 Å². The Morgan fingerprint density at radius 1 is 1.33 bits per heavy atom. The van der Waals surface area contributed by atoms with Crippen LogP contribution in [0.15, 0.2) is 0 Å². The summed E-state index contributed by atoms with van der Waals surface area (Å²) in [6.45, 7) is 7.27. The molecule has 0 radical (unpaired) electrons. The summed E-state index contributed by atoms with van der Waals surface area (Å²) in [5.41, 5.74) is 0.872. The highest BCUT2D eigenvalue weighted by molar-refractivity contribution is 5.17. The van der Waals surface area contributed by atoms with Gasteiger partial charge in [0.05, 0.1) is 0 Å². The van der Waals surface area contributed by atoms with E-state index in [1.54, 1.807) is 0 Å². The molecule has 0 aromatic rings. The zero-order valence-electron chi connectivity index (χ0n) is 8.06. The highest BCUT2D eigenvalue weighted by Crippen LogP contribution is 2.72. The third-order valence-corrected chi connectivity index (χ3v) is 4.42. The topological polar surface area (TPSA) is 32.3 Å². The zero-order chi connectivity index (χ0) is 8.82. The maximum atomic E-state index is 9.24. The highest BCUT2D eigenvalue weighted by atomic mass is 16.3. The fraction of sp³-hybridized carbons (Fsp3) is 1.00. The molecule has 2 nitrogen and oxygen atoms in total. The van der Waals surface area contributed by atoms with E-state index in [4.69, 9.17) is 0 Å². The monoisotopic (exact) mass is 169 g/mol. The molecule has 1 aliphatic carbocycles. The predicted molar refractivity (Wildman–Crippen MR) is 48.9 cm³/mol. The van der Waals surface area contributed by atoms with Crippen LogP contribution in [0, 0.1) is 16.7 Å². The maximum Gasteiger partial charge on any atom is 0.0470 e. The first kappa shape index (κ1) is 8.52. The lowest BCUT2D eigenvalue weighted by Crippen LogP contribution is -2.31. The molecule has 2 fully saturated rings. The standard InChI is InChI=1S/C10H19NO/c1-9(2)8(7-12)10(9)3-5-11-6-4-10/h8,11-12H,3-7H2,1-2H3. The molecular weight excluding hydrogens is 150 g/mol. The second kappa shape index (κ2) is 2.46. The Morgan fingerprint density at radius 3 is 2.33 bits per heavy atom. The molecule has 1 heterocycles. The van der Waals surface area contributed by atoms with Crippen LogP contribution in [0.5, 0.6) is 0 Å². The van der Waals surface area contributed by atoms with E-state index in [1.807, 2.05) is 0 Å². The number of rotatable bonds is 1. The smallest absolute Gasteiger partial charge is 0.0470 e. The van der Waals surface area contributed by atoms with Crippen LogP contribution in [-0.4, -0.2) is 24.8 Å². The fourth-order valence-corrected chi connectivity index (χ4v) is 3.33. The second-order valence-corrected chi connectivity index (χ2v) is 4.86. The third kappa shape index (κ3) is 0.826. The molecule has 2 heteroatoms. The van der Waals surface area contributed by atoms with Crippen molar-refractivity contribution in [1.82, 2.24) is 5.32 Å². The lowest BCUT2D eigenvalue weighted by Gasteiger charge is -2.26. The second-order valence-electron chi connectivity index (χ2n) is 4.86. The minimum atomic E-state index is 0.382. The first-order valence-corrected chi connectivity index (χ1v) is 4.97. The van der Waals surface area contributed by atoms with Gasteiger partial charge in [0.25, 0.3) is 0 Å². The first-order chi connectivity index (χ1) is 5.65. The Balaban J connectivity index is 2.12. The van der Waals surface area contributed by atoms with Crippen molar-refractivity contribution < 1.29 is 5.11 Å². The van der Waals surface area contributed by atoms with Gasteiger partial charge in [-0.25, -0.2) is 0 Å². The Bertz CT molecular complexity index is 182. The molecule has 2 N–H and O–H groups in total. The van der Waals surface area contributed by atoms with Crippen LogP contribution in [0.4, 0.5) is 0 Å². The van der Waals surface area contributed by atoms with Crippen LogP contribution < -0.4 is 5.32 Å². The molecule has 0 amide bonds. The summed E-state index contributed by atoms with van der Waals surface area (Å²) < 4.78 is 0. The summed E-state index contributed by atoms with van der Waals surface area (Å²) in [6, 6.07) is 0. The predicted octanol–water partition coefficient (Wildman–Crippen LogP) is 1.00. The third-order valence-electron chi connectivity index (χ3n) is 4.42. The van der Waals surface area contributed by atoms with Crippen LogP contribution in [0.1, 0.15) is 26.7 Å². The van der Waals surface area contributed by atoms with E-state index in [-0.39, 0.29) is 0 Å². The number of aliphatic hydroxyl groups excluding tert-OH is 1. The summed E-state index contributed by atoms with van der Waals surface area (Å²) in [5.74, 6) is 0.562. The summed E-state index contributed by atoms with van der Waals surface area (Å²) in [6.07, 6.45) is 2.51. The van der Waals surface area contributed by atoms with Crippen molar-refractivity contribution in [3.05, 3.63) is 0 Å². The molecule has 0 bridgehead atoms. The first-order valence-electron chi connectivity index (χ1n) is 4.97. The van der Waals surface area contributed by atoms with Crippen LogP contribution in [0.2, 0.25) is 0 Å². The lowest BCUT2D eigenvalue weighted by molar-refractivity contribution is 0.226. The average molecular weight is 169 g/mol. The molecular formula is C10H19NO. The molecule has 0 aromatic heterocycles. The van der Waals surface area contributed by atoms with Gasteiger partial charge in [-0.1, -0.05) is 13.8 Å². The van der Waals surface area contributed by atoms with Crippen LogP contribution in [0.3, 0.4) is 0 Å². The maximum absolute atomic E-state index is 9.24. The molecule has 1 atom stereocenters. The number of hydrogen-bond donors (Lipinski definition) is 2. The normalized spacial score (nSPS) is 36.8. The number of piperidine rings is 1. The molecule has 2 aliphatic rings. The Labute approximate surface area is 74.4 Å². The van der Waals surface area contributed by atoms with Gasteiger partial charge in [-0.05, 0) is 42.7 Å². The Kier molecular flexibility index (Phi) is 1.74. The largest absolute Gasteiger partial charge is 0.396 e.